The van der Waals surface area contributed by atoms with Gasteiger partial charge in [0.1, 0.15) is 0 Å². The third-order valence-electron chi connectivity index (χ3n) is 3.27. The summed E-state index contributed by atoms with van der Waals surface area (Å²) in [6.07, 6.45) is 2.36. The molecule has 0 aromatic heterocycles. The fourth-order valence-electron chi connectivity index (χ4n) is 2.30. The van der Waals surface area contributed by atoms with E-state index in [4.69, 9.17) is 0 Å². The first-order valence-corrected chi connectivity index (χ1v) is 5.41. The summed E-state index contributed by atoms with van der Waals surface area (Å²) in [6.45, 7) is 6.47. The molecule has 0 amide bonds. The van der Waals surface area contributed by atoms with Gasteiger partial charge in [0, 0.05) is 19.2 Å². The van der Waals surface area contributed by atoms with Crippen molar-refractivity contribution in [3.05, 3.63) is 35.4 Å². The van der Waals surface area contributed by atoms with Gasteiger partial charge in [0.05, 0.1) is 5.69 Å². The van der Waals surface area contributed by atoms with E-state index in [1.54, 1.807) is 0 Å². The summed E-state index contributed by atoms with van der Waals surface area (Å²) in [6, 6.07) is 1.32. The standard InChI is InChI=1S/C13H15F2N/c1-4-9-12(15)11(14)7-10-8(2)5-6-16(3)13(9)10/h4,7-8H,1,5-6H2,2-3H3/t8-/m1/s1. The van der Waals surface area contributed by atoms with Crippen LogP contribution in [0.5, 0.6) is 0 Å². The van der Waals surface area contributed by atoms with Gasteiger partial charge in [-0.2, -0.15) is 0 Å². The molecule has 86 valence electrons. The SMILES string of the molecule is C=Cc1c(F)c(F)cc2c1N(C)CC[C@H]2C. The summed E-state index contributed by atoms with van der Waals surface area (Å²) in [5, 5.41) is 0. The van der Waals surface area contributed by atoms with Crippen LogP contribution in [0.25, 0.3) is 6.08 Å². The average Bonchev–Trinajstić information content (AvgIpc) is 2.26. The van der Waals surface area contributed by atoms with Gasteiger partial charge in [0.2, 0.25) is 0 Å². The van der Waals surface area contributed by atoms with Gasteiger partial charge in [-0.05, 0) is 24.0 Å². The minimum Gasteiger partial charge on any atom is -0.374 e. The molecule has 0 fully saturated rings. The minimum absolute atomic E-state index is 0.264. The second-order valence-electron chi connectivity index (χ2n) is 4.34. The lowest BCUT2D eigenvalue weighted by atomic mass is 9.89. The Morgan fingerprint density at radius 1 is 1.50 bits per heavy atom. The second kappa shape index (κ2) is 3.89. The van der Waals surface area contributed by atoms with Crippen LogP contribution in [0, 0.1) is 11.6 Å². The molecule has 2 rings (SSSR count). The van der Waals surface area contributed by atoms with E-state index in [2.05, 4.69) is 6.58 Å². The molecule has 1 atom stereocenters. The largest absolute Gasteiger partial charge is 0.374 e. The van der Waals surface area contributed by atoms with Gasteiger partial charge in [-0.15, -0.1) is 0 Å². The predicted molar refractivity (Wildman–Crippen MR) is 62.8 cm³/mol. The van der Waals surface area contributed by atoms with Gasteiger partial charge < -0.3 is 4.90 Å². The summed E-state index contributed by atoms with van der Waals surface area (Å²) in [5.74, 6) is -1.31. The minimum atomic E-state index is -0.797. The highest BCUT2D eigenvalue weighted by Gasteiger charge is 2.26. The van der Waals surface area contributed by atoms with E-state index in [0.29, 0.717) is 0 Å². The van der Waals surface area contributed by atoms with Crippen molar-refractivity contribution in [2.24, 2.45) is 0 Å². The Kier molecular flexibility index (Phi) is 2.70. The molecule has 1 aliphatic heterocycles. The molecular weight excluding hydrogens is 208 g/mol. The predicted octanol–water partition coefficient (Wildman–Crippen LogP) is 3.55. The normalized spacial score (nSPS) is 19.5. The molecule has 3 heteroatoms. The van der Waals surface area contributed by atoms with E-state index in [0.717, 1.165) is 24.2 Å². The van der Waals surface area contributed by atoms with Crippen molar-refractivity contribution < 1.29 is 8.78 Å². The van der Waals surface area contributed by atoms with Crippen molar-refractivity contribution in [2.75, 3.05) is 18.5 Å². The van der Waals surface area contributed by atoms with Crippen LogP contribution in [0.15, 0.2) is 12.6 Å². The van der Waals surface area contributed by atoms with Crippen LogP contribution >= 0.6 is 0 Å². The van der Waals surface area contributed by atoms with E-state index < -0.39 is 11.6 Å². The number of anilines is 1. The number of hydrogen-bond donors (Lipinski definition) is 0. The molecule has 0 unspecified atom stereocenters. The van der Waals surface area contributed by atoms with Gasteiger partial charge >= 0.3 is 0 Å². The molecule has 1 nitrogen and oxygen atoms in total. The van der Waals surface area contributed by atoms with Crippen molar-refractivity contribution in [3.8, 4) is 0 Å². The number of fused-ring (bicyclic) bond motifs is 1. The molecular formula is C13H15F2N. The fourth-order valence-corrected chi connectivity index (χ4v) is 2.30. The monoisotopic (exact) mass is 223 g/mol. The lowest BCUT2D eigenvalue weighted by Crippen LogP contribution is -2.28. The number of benzene rings is 1. The van der Waals surface area contributed by atoms with E-state index in [1.165, 1.54) is 12.1 Å². The van der Waals surface area contributed by atoms with Crippen LogP contribution in [0.3, 0.4) is 0 Å². The molecule has 0 saturated carbocycles. The first-order valence-electron chi connectivity index (χ1n) is 5.41. The van der Waals surface area contributed by atoms with Crippen LogP contribution in [0.1, 0.15) is 30.4 Å². The molecule has 0 saturated heterocycles. The molecule has 1 aromatic carbocycles. The Balaban J connectivity index is 2.74. The number of halogens is 2. The lowest BCUT2D eigenvalue weighted by molar-refractivity contribution is 0.500. The van der Waals surface area contributed by atoms with Crippen LogP contribution in [-0.4, -0.2) is 13.6 Å². The smallest absolute Gasteiger partial charge is 0.168 e. The van der Waals surface area contributed by atoms with Gasteiger partial charge in [0.15, 0.2) is 11.6 Å². The number of nitrogens with zero attached hydrogens (tertiary/aromatic N) is 1. The van der Waals surface area contributed by atoms with Gasteiger partial charge in [0.25, 0.3) is 0 Å². The second-order valence-corrected chi connectivity index (χ2v) is 4.34. The van der Waals surface area contributed by atoms with E-state index >= 15 is 0 Å². The maximum absolute atomic E-state index is 13.6. The maximum Gasteiger partial charge on any atom is 0.168 e. The summed E-state index contributed by atoms with van der Waals surface area (Å²) in [5.41, 5.74) is 1.94. The highest BCUT2D eigenvalue weighted by Crippen LogP contribution is 2.39. The van der Waals surface area contributed by atoms with Gasteiger partial charge in [-0.25, -0.2) is 8.78 Å². The topological polar surface area (TPSA) is 3.24 Å². The summed E-state index contributed by atoms with van der Waals surface area (Å²) < 4.78 is 27.0. The Bertz CT molecular complexity index is 440. The van der Waals surface area contributed by atoms with Crippen LogP contribution in [-0.2, 0) is 0 Å². The van der Waals surface area contributed by atoms with Crippen molar-refractivity contribution in [2.45, 2.75) is 19.3 Å². The maximum atomic E-state index is 13.6. The summed E-state index contributed by atoms with van der Waals surface area (Å²) >= 11 is 0. The Morgan fingerprint density at radius 3 is 2.81 bits per heavy atom. The van der Waals surface area contributed by atoms with Crippen LogP contribution in [0.2, 0.25) is 0 Å². The van der Waals surface area contributed by atoms with Crippen LogP contribution < -0.4 is 4.90 Å². The average molecular weight is 223 g/mol. The summed E-state index contributed by atoms with van der Waals surface area (Å²) in [7, 11) is 1.90. The molecule has 16 heavy (non-hydrogen) atoms. The van der Waals surface area contributed by atoms with Crippen molar-refractivity contribution in [1.82, 2.24) is 0 Å². The Hall–Kier alpha value is -1.38. The van der Waals surface area contributed by atoms with Crippen molar-refractivity contribution >= 4 is 11.8 Å². The van der Waals surface area contributed by atoms with Crippen molar-refractivity contribution in [1.29, 1.82) is 0 Å². The summed E-state index contributed by atoms with van der Waals surface area (Å²) in [4.78, 5) is 1.97. The Morgan fingerprint density at radius 2 is 2.19 bits per heavy atom. The molecule has 0 N–H and O–H groups in total. The zero-order valence-corrected chi connectivity index (χ0v) is 9.56. The van der Waals surface area contributed by atoms with Crippen molar-refractivity contribution in [3.63, 3.8) is 0 Å². The number of hydrogen-bond acceptors (Lipinski definition) is 1. The highest BCUT2D eigenvalue weighted by atomic mass is 19.2. The molecule has 0 aliphatic carbocycles. The lowest BCUT2D eigenvalue weighted by Gasteiger charge is -2.33. The van der Waals surface area contributed by atoms with Gasteiger partial charge in [-0.3, -0.25) is 0 Å². The highest BCUT2D eigenvalue weighted by molar-refractivity contribution is 5.72. The molecule has 1 heterocycles. The number of rotatable bonds is 1. The van der Waals surface area contributed by atoms with E-state index in [1.807, 2.05) is 18.9 Å². The molecule has 0 spiro atoms. The third kappa shape index (κ3) is 1.51. The molecule has 0 bridgehead atoms. The first kappa shape index (κ1) is 11.1. The molecule has 1 aromatic rings. The zero-order valence-electron chi connectivity index (χ0n) is 9.56. The molecule has 1 aliphatic rings. The van der Waals surface area contributed by atoms with Crippen LogP contribution in [0.4, 0.5) is 14.5 Å². The fraction of sp³-hybridized carbons (Fsp3) is 0.385. The van der Waals surface area contributed by atoms with Gasteiger partial charge in [-0.1, -0.05) is 19.6 Å². The molecule has 0 radical (unpaired) electrons. The third-order valence-corrected chi connectivity index (χ3v) is 3.27. The van der Waals surface area contributed by atoms with E-state index in [-0.39, 0.29) is 11.5 Å². The first-order chi connectivity index (χ1) is 7.56. The Labute approximate surface area is 94.4 Å². The zero-order chi connectivity index (χ0) is 11.9. The van der Waals surface area contributed by atoms with E-state index in [9.17, 15) is 8.78 Å². The quantitative estimate of drug-likeness (QED) is 0.703.